The van der Waals surface area contributed by atoms with Crippen LogP contribution in [0.15, 0.2) is 53.0 Å². The van der Waals surface area contributed by atoms with E-state index in [0.29, 0.717) is 10.6 Å². The molecule has 0 fully saturated rings. The molecule has 0 aliphatic rings. The van der Waals surface area contributed by atoms with Crippen LogP contribution in [0.25, 0.3) is 0 Å². The molecule has 0 radical (unpaired) electrons. The molecule has 1 amide bonds. The van der Waals surface area contributed by atoms with E-state index < -0.39 is 0 Å². The average molecular weight is 335 g/mol. The summed E-state index contributed by atoms with van der Waals surface area (Å²) in [5, 5.41) is 2.81. The minimum Gasteiger partial charge on any atom is -0.389 e. The Labute approximate surface area is 124 Å². The zero-order valence-electron chi connectivity index (χ0n) is 9.89. The van der Waals surface area contributed by atoms with Crippen molar-refractivity contribution in [2.45, 2.75) is 0 Å². The largest absolute Gasteiger partial charge is 0.389 e. The van der Waals surface area contributed by atoms with Crippen LogP contribution < -0.4 is 11.1 Å². The fourth-order valence-corrected chi connectivity index (χ4v) is 1.92. The minimum atomic E-state index is -0.170. The summed E-state index contributed by atoms with van der Waals surface area (Å²) in [6, 6.07) is 14.2. The Balaban J connectivity index is 2.11. The number of halogens is 1. The normalized spacial score (nSPS) is 9.95. The molecule has 19 heavy (non-hydrogen) atoms. The second kappa shape index (κ2) is 5.95. The molecular formula is C14H11BrN2OS. The van der Waals surface area contributed by atoms with Crippen molar-refractivity contribution in [2.75, 3.05) is 5.32 Å². The van der Waals surface area contributed by atoms with Gasteiger partial charge in [-0.15, -0.1) is 0 Å². The Morgan fingerprint density at radius 2 is 1.53 bits per heavy atom. The van der Waals surface area contributed by atoms with Crippen molar-refractivity contribution in [1.82, 2.24) is 0 Å². The smallest absolute Gasteiger partial charge is 0.255 e. The lowest BCUT2D eigenvalue weighted by atomic mass is 10.1. The SMILES string of the molecule is NC(=S)c1ccc(C(=O)Nc2ccc(Br)cc2)cc1. The number of hydrogen-bond donors (Lipinski definition) is 2. The number of anilines is 1. The highest BCUT2D eigenvalue weighted by Crippen LogP contribution is 2.15. The maximum absolute atomic E-state index is 12.0. The van der Waals surface area contributed by atoms with Crippen molar-refractivity contribution in [3.63, 3.8) is 0 Å². The topological polar surface area (TPSA) is 55.1 Å². The molecule has 0 aliphatic carbocycles. The molecule has 0 spiro atoms. The molecule has 0 saturated carbocycles. The van der Waals surface area contributed by atoms with Crippen molar-refractivity contribution in [3.05, 3.63) is 64.1 Å². The quantitative estimate of drug-likeness (QED) is 0.846. The van der Waals surface area contributed by atoms with Crippen LogP contribution >= 0.6 is 28.1 Å². The molecule has 0 aromatic heterocycles. The fourth-order valence-electron chi connectivity index (χ4n) is 1.52. The second-order valence-electron chi connectivity index (χ2n) is 3.90. The Kier molecular flexibility index (Phi) is 4.29. The van der Waals surface area contributed by atoms with E-state index in [4.69, 9.17) is 18.0 Å². The highest BCUT2D eigenvalue weighted by Gasteiger charge is 2.06. The summed E-state index contributed by atoms with van der Waals surface area (Å²) in [7, 11) is 0. The maximum Gasteiger partial charge on any atom is 0.255 e. The molecular weight excluding hydrogens is 324 g/mol. The van der Waals surface area contributed by atoms with Crippen LogP contribution in [-0.4, -0.2) is 10.9 Å². The number of hydrogen-bond acceptors (Lipinski definition) is 2. The van der Waals surface area contributed by atoms with E-state index >= 15 is 0 Å². The second-order valence-corrected chi connectivity index (χ2v) is 5.26. The van der Waals surface area contributed by atoms with Gasteiger partial charge >= 0.3 is 0 Å². The third-order valence-electron chi connectivity index (χ3n) is 2.53. The van der Waals surface area contributed by atoms with Crippen LogP contribution in [0.5, 0.6) is 0 Å². The first kappa shape index (κ1) is 13.7. The Hall–Kier alpha value is -1.72. The predicted molar refractivity (Wildman–Crippen MR) is 84.4 cm³/mol. The van der Waals surface area contributed by atoms with Crippen molar-refractivity contribution >= 4 is 44.7 Å². The molecule has 96 valence electrons. The number of benzene rings is 2. The van der Waals surface area contributed by atoms with Gasteiger partial charge in [0, 0.05) is 21.3 Å². The summed E-state index contributed by atoms with van der Waals surface area (Å²) in [6.45, 7) is 0. The van der Waals surface area contributed by atoms with E-state index in [1.165, 1.54) is 0 Å². The minimum absolute atomic E-state index is 0.170. The number of amides is 1. The molecule has 0 atom stereocenters. The molecule has 2 rings (SSSR count). The van der Waals surface area contributed by atoms with Crippen molar-refractivity contribution < 1.29 is 4.79 Å². The van der Waals surface area contributed by atoms with Crippen LogP contribution in [0.4, 0.5) is 5.69 Å². The highest BCUT2D eigenvalue weighted by molar-refractivity contribution is 9.10. The number of rotatable bonds is 3. The van der Waals surface area contributed by atoms with Crippen molar-refractivity contribution in [3.8, 4) is 0 Å². The van der Waals surface area contributed by atoms with Crippen molar-refractivity contribution in [2.24, 2.45) is 5.73 Å². The number of nitrogens with one attached hydrogen (secondary N) is 1. The lowest BCUT2D eigenvalue weighted by Gasteiger charge is -2.06. The monoisotopic (exact) mass is 334 g/mol. The maximum atomic E-state index is 12.0. The van der Waals surface area contributed by atoms with Gasteiger partial charge in [0.25, 0.3) is 5.91 Å². The fraction of sp³-hybridized carbons (Fsp3) is 0. The third kappa shape index (κ3) is 3.62. The zero-order chi connectivity index (χ0) is 13.8. The van der Waals surface area contributed by atoms with Gasteiger partial charge in [0.15, 0.2) is 0 Å². The average Bonchev–Trinajstić information content (AvgIpc) is 2.41. The predicted octanol–water partition coefficient (Wildman–Crippen LogP) is 3.34. The van der Waals surface area contributed by atoms with Gasteiger partial charge in [0.05, 0.1) is 0 Å². The molecule has 0 aliphatic heterocycles. The highest BCUT2D eigenvalue weighted by atomic mass is 79.9. The summed E-state index contributed by atoms with van der Waals surface area (Å²) in [4.78, 5) is 12.3. The first-order chi connectivity index (χ1) is 9.06. The van der Waals surface area contributed by atoms with Gasteiger partial charge in [-0.25, -0.2) is 0 Å². The van der Waals surface area contributed by atoms with Gasteiger partial charge in [-0.2, -0.15) is 0 Å². The molecule has 3 N–H and O–H groups in total. The first-order valence-corrected chi connectivity index (χ1v) is 6.73. The van der Waals surface area contributed by atoms with Gasteiger partial charge in [0.1, 0.15) is 4.99 Å². The van der Waals surface area contributed by atoms with E-state index in [1.54, 1.807) is 24.3 Å². The molecule has 5 heteroatoms. The number of carbonyl (C=O) groups is 1. The van der Waals surface area contributed by atoms with E-state index in [9.17, 15) is 4.79 Å². The summed E-state index contributed by atoms with van der Waals surface area (Å²) in [5.74, 6) is -0.170. The van der Waals surface area contributed by atoms with Gasteiger partial charge in [0.2, 0.25) is 0 Å². The van der Waals surface area contributed by atoms with E-state index in [-0.39, 0.29) is 5.91 Å². The lowest BCUT2D eigenvalue weighted by Crippen LogP contribution is -2.13. The standard InChI is InChI=1S/C14H11BrN2OS/c15-11-5-7-12(8-6-11)17-14(18)10-3-1-9(2-4-10)13(16)19/h1-8H,(H2,16,19)(H,17,18). The first-order valence-electron chi connectivity index (χ1n) is 5.53. The molecule has 0 bridgehead atoms. The van der Waals surface area contributed by atoms with Crippen molar-refractivity contribution in [1.29, 1.82) is 0 Å². The van der Waals surface area contributed by atoms with Crippen LogP contribution in [-0.2, 0) is 0 Å². The van der Waals surface area contributed by atoms with Gasteiger partial charge in [-0.1, -0.05) is 40.3 Å². The van der Waals surface area contributed by atoms with E-state index in [1.807, 2.05) is 24.3 Å². The molecule has 0 unspecified atom stereocenters. The number of thiocarbonyl (C=S) groups is 1. The van der Waals surface area contributed by atoms with Gasteiger partial charge in [-0.05, 0) is 36.4 Å². The van der Waals surface area contributed by atoms with Crippen LogP contribution in [0.3, 0.4) is 0 Å². The lowest BCUT2D eigenvalue weighted by molar-refractivity contribution is 0.102. The molecule has 2 aromatic carbocycles. The van der Waals surface area contributed by atoms with E-state index in [2.05, 4.69) is 21.2 Å². The molecule has 0 heterocycles. The summed E-state index contributed by atoms with van der Waals surface area (Å²) in [6.07, 6.45) is 0. The van der Waals surface area contributed by atoms with E-state index in [0.717, 1.165) is 15.7 Å². The number of nitrogens with two attached hydrogens (primary N) is 1. The molecule has 0 saturated heterocycles. The van der Waals surface area contributed by atoms with Crippen LogP contribution in [0.2, 0.25) is 0 Å². The van der Waals surface area contributed by atoms with Crippen LogP contribution in [0.1, 0.15) is 15.9 Å². The Morgan fingerprint density at radius 3 is 2.05 bits per heavy atom. The Morgan fingerprint density at radius 1 is 1.00 bits per heavy atom. The van der Waals surface area contributed by atoms with Gasteiger partial charge in [-0.3, -0.25) is 4.79 Å². The van der Waals surface area contributed by atoms with Crippen LogP contribution in [0, 0.1) is 0 Å². The summed E-state index contributed by atoms with van der Waals surface area (Å²) >= 11 is 8.20. The zero-order valence-corrected chi connectivity index (χ0v) is 12.3. The third-order valence-corrected chi connectivity index (χ3v) is 3.30. The number of carbonyl (C=O) groups excluding carboxylic acids is 1. The Bertz CT molecular complexity index is 608. The summed E-state index contributed by atoms with van der Waals surface area (Å²) < 4.78 is 0.964. The molecule has 3 nitrogen and oxygen atoms in total. The van der Waals surface area contributed by atoms with Gasteiger partial charge < -0.3 is 11.1 Å². The summed E-state index contributed by atoms with van der Waals surface area (Å²) in [5.41, 5.74) is 7.55. The molecule has 2 aromatic rings.